The molecular formula is C23H22FNO4. The number of aryl methyl sites for hydroxylation is 2. The van der Waals surface area contributed by atoms with Crippen molar-refractivity contribution < 1.29 is 23.1 Å². The molecule has 1 aliphatic rings. The van der Waals surface area contributed by atoms with Crippen molar-refractivity contribution >= 4 is 22.8 Å². The lowest BCUT2D eigenvalue weighted by molar-refractivity contribution is -0.148. The third-order valence-electron chi connectivity index (χ3n) is 5.31. The first-order valence-corrected chi connectivity index (χ1v) is 9.72. The molecular weight excluding hydrogens is 373 g/mol. The number of carbonyl (C=O) groups is 2. The molecule has 1 aliphatic carbocycles. The van der Waals surface area contributed by atoms with Crippen molar-refractivity contribution in [2.24, 2.45) is 0 Å². The van der Waals surface area contributed by atoms with Gasteiger partial charge in [-0.25, -0.2) is 4.39 Å². The van der Waals surface area contributed by atoms with Crippen LogP contribution in [0.4, 0.5) is 4.39 Å². The molecule has 1 aromatic heterocycles. The Bertz CT molecular complexity index is 1050. The number of hydrogen-bond donors (Lipinski definition) is 1. The number of hydrogen-bond acceptors (Lipinski definition) is 4. The van der Waals surface area contributed by atoms with Crippen molar-refractivity contribution in [1.29, 1.82) is 0 Å². The molecule has 29 heavy (non-hydrogen) atoms. The lowest BCUT2D eigenvalue weighted by atomic mass is 10.0. The SMILES string of the molecule is C[C@H](NC(=O)COC(=O)Cc1coc2cc3c(cc12)CCC3)c1ccc(F)cc1. The van der Waals surface area contributed by atoms with E-state index >= 15 is 0 Å². The summed E-state index contributed by atoms with van der Waals surface area (Å²) in [5.74, 6) is -1.24. The van der Waals surface area contributed by atoms with Gasteiger partial charge in [-0.2, -0.15) is 0 Å². The third kappa shape index (κ3) is 4.31. The van der Waals surface area contributed by atoms with Crippen LogP contribution in [0.3, 0.4) is 0 Å². The Hall–Kier alpha value is -3.15. The minimum atomic E-state index is -0.488. The fourth-order valence-corrected chi connectivity index (χ4v) is 3.76. The summed E-state index contributed by atoms with van der Waals surface area (Å²) in [4.78, 5) is 24.3. The molecule has 0 saturated carbocycles. The summed E-state index contributed by atoms with van der Waals surface area (Å²) in [6.07, 6.45) is 4.89. The fourth-order valence-electron chi connectivity index (χ4n) is 3.76. The molecule has 1 heterocycles. The van der Waals surface area contributed by atoms with Crippen LogP contribution in [0.2, 0.25) is 0 Å². The van der Waals surface area contributed by atoms with E-state index < -0.39 is 11.9 Å². The number of esters is 1. The zero-order valence-corrected chi connectivity index (χ0v) is 16.2. The van der Waals surface area contributed by atoms with Crippen molar-refractivity contribution in [2.75, 3.05) is 6.61 Å². The molecule has 1 amide bonds. The summed E-state index contributed by atoms with van der Waals surface area (Å²) >= 11 is 0. The summed E-state index contributed by atoms with van der Waals surface area (Å²) in [5, 5.41) is 3.66. The topological polar surface area (TPSA) is 68.5 Å². The number of ether oxygens (including phenoxy) is 1. The summed E-state index contributed by atoms with van der Waals surface area (Å²) in [7, 11) is 0. The van der Waals surface area contributed by atoms with Crippen LogP contribution in [0, 0.1) is 5.82 Å². The van der Waals surface area contributed by atoms with E-state index in [1.807, 2.05) is 0 Å². The minimum absolute atomic E-state index is 0.0482. The van der Waals surface area contributed by atoms with Gasteiger partial charge in [-0.3, -0.25) is 9.59 Å². The molecule has 2 aromatic carbocycles. The monoisotopic (exact) mass is 395 g/mol. The summed E-state index contributed by atoms with van der Waals surface area (Å²) in [5.41, 5.74) is 4.93. The highest BCUT2D eigenvalue weighted by atomic mass is 19.1. The highest BCUT2D eigenvalue weighted by Gasteiger charge is 2.18. The van der Waals surface area contributed by atoms with Gasteiger partial charge in [0.25, 0.3) is 5.91 Å². The molecule has 6 heteroatoms. The first kappa shape index (κ1) is 19.2. The van der Waals surface area contributed by atoms with E-state index in [2.05, 4.69) is 17.4 Å². The maximum absolute atomic E-state index is 13.0. The van der Waals surface area contributed by atoms with Crippen molar-refractivity contribution in [3.05, 3.63) is 70.7 Å². The van der Waals surface area contributed by atoms with Gasteiger partial charge in [0, 0.05) is 10.9 Å². The predicted molar refractivity (Wildman–Crippen MR) is 106 cm³/mol. The van der Waals surface area contributed by atoms with Crippen LogP contribution in [-0.4, -0.2) is 18.5 Å². The smallest absolute Gasteiger partial charge is 0.310 e. The van der Waals surface area contributed by atoms with E-state index in [9.17, 15) is 14.0 Å². The standard InChI is InChI=1S/C23H22FNO4/c1-14(15-5-7-19(24)8-6-15)25-22(26)13-29-23(27)11-18-12-28-21-10-17-4-2-3-16(17)9-20(18)21/h5-10,12,14H,2-4,11,13H2,1H3,(H,25,26)/t14-/m0/s1. The summed E-state index contributed by atoms with van der Waals surface area (Å²) in [6.45, 7) is 1.42. The van der Waals surface area contributed by atoms with Gasteiger partial charge >= 0.3 is 5.97 Å². The zero-order valence-electron chi connectivity index (χ0n) is 16.2. The Morgan fingerprint density at radius 1 is 1.17 bits per heavy atom. The van der Waals surface area contributed by atoms with Crippen molar-refractivity contribution in [1.82, 2.24) is 5.32 Å². The molecule has 0 spiro atoms. The van der Waals surface area contributed by atoms with E-state index in [4.69, 9.17) is 9.15 Å². The molecule has 3 aromatic rings. The third-order valence-corrected chi connectivity index (χ3v) is 5.31. The van der Waals surface area contributed by atoms with Gasteiger partial charge in [0.1, 0.15) is 11.4 Å². The van der Waals surface area contributed by atoms with Crippen LogP contribution in [0.5, 0.6) is 0 Å². The largest absolute Gasteiger partial charge is 0.464 e. The average Bonchev–Trinajstić information content (AvgIpc) is 3.31. The first-order valence-electron chi connectivity index (χ1n) is 9.72. The summed E-state index contributed by atoms with van der Waals surface area (Å²) in [6, 6.07) is 9.71. The van der Waals surface area contributed by atoms with Crippen LogP contribution in [-0.2, 0) is 33.6 Å². The number of halogens is 1. The molecule has 0 radical (unpaired) electrons. The predicted octanol–water partition coefficient (Wildman–Crippen LogP) is 4.02. The van der Waals surface area contributed by atoms with Crippen LogP contribution in [0.25, 0.3) is 11.0 Å². The van der Waals surface area contributed by atoms with Gasteiger partial charge in [-0.15, -0.1) is 0 Å². The first-order chi connectivity index (χ1) is 14.0. The van der Waals surface area contributed by atoms with Gasteiger partial charge in [0.2, 0.25) is 0 Å². The second kappa shape index (κ2) is 8.07. The molecule has 0 bridgehead atoms. The quantitative estimate of drug-likeness (QED) is 0.640. The van der Waals surface area contributed by atoms with E-state index in [-0.39, 0.29) is 24.9 Å². The van der Waals surface area contributed by atoms with Crippen LogP contribution >= 0.6 is 0 Å². The van der Waals surface area contributed by atoms with Gasteiger partial charge in [0.05, 0.1) is 18.7 Å². The Balaban J connectivity index is 1.31. The number of benzene rings is 2. The number of fused-ring (bicyclic) bond motifs is 2. The number of rotatable bonds is 6. The number of amides is 1. The average molecular weight is 395 g/mol. The summed E-state index contributed by atoms with van der Waals surface area (Å²) < 4.78 is 23.7. The highest BCUT2D eigenvalue weighted by molar-refractivity contribution is 5.88. The van der Waals surface area contributed by atoms with E-state index in [0.717, 1.165) is 41.4 Å². The maximum atomic E-state index is 13.0. The number of furan rings is 1. The molecule has 150 valence electrons. The van der Waals surface area contributed by atoms with Crippen LogP contribution in [0.1, 0.15) is 41.6 Å². The second-order valence-electron chi connectivity index (χ2n) is 7.41. The molecule has 0 aliphatic heterocycles. The van der Waals surface area contributed by atoms with Crippen molar-refractivity contribution in [3.63, 3.8) is 0 Å². The maximum Gasteiger partial charge on any atom is 0.310 e. The second-order valence-corrected chi connectivity index (χ2v) is 7.41. The van der Waals surface area contributed by atoms with Crippen LogP contribution in [0.15, 0.2) is 47.1 Å². The van der Waals surface area contributed by atoms with Crippen LogP contribution < -0.4 is 5.32 Å². The van der Waals surface area contributed by atoms with Gasteiger partial charge in [-0.1, -0.05) is 12.1 Å². The molecule has 4 rings (SSSR count). The molecule has 1 atom stereocenters. The molecule has 5 nitrogen and oxygen atoms in total. The van der Waals surface area contributed by atoms with Crippen molar-refractivity contribution in [2.45, 2.75) is 38.6 Å². The molecule has 1 N–H and O–H groups in total. The Morgan fingerprint density at radius 3 is 2.66 bits per heavy atom. The Kier molecular flexibility index (Phi) is 5.34. The van der Waals surface area contributed by atoms with Gasteiger partial charge < -0.3 is 14.5 Å². The van der Waals surface area contributed by atoms with Crippen molar-refractivity contribution in [3.8, 4) is 0 Å². The Labute approximate surface area is 167 Å². The number of nitrogens with one attached hydrogen (secondary N) is 1. The highest BCUT2D eigenvalue weighted by Crippen LogP contribution is 2.30. The normalized spacial score (nSPS) is 13.9. The van der Waals surface area contributed by atoms with E-state index in [0.29, 0.717) is 0 Å². The molecule has 0 unspecified atom stereocenters. The zero-order chi connectivity index (χ0) is 20.4. The Morgan fingerprint density at radius 2 is 1.90 bits per heavy atom. The van der Waals surface area contributed by atoms with E-state index in [1.54, 1.807) is 25.3 Å². The molecule has 0 fully saturated rings. The molecule has 0 saturated heterocycles. The lowest BCUT2D eigenvalue weighted by Gasteiger charge is -2.14. The minimum Gasteiger partial charge on any atom is -0.464 e. The lowest BCUT2D eigenvalue weighted by Crippen LogP contribution is -2.31. The van der Waals surface area contributed by atoms with E-state index in [1.165, 1.54) is 23.3 Å². The number of carbonyl (C=O) groups excluding carboxylic acids is 2. The van der Waals surface area contributed by atoms with Gasteiger partial charge in [0.15, 0.2) is 6.61 Å². The fraction of sp³-hybridized carbons (Fsp3) is 0.304. The van der Waals surface area contributed by atoms with Gasteiger partial charge in [-0.05, 0) is 67.1 Å².